The molecule has 0 saturated carbocycles. The summed E-state index contributed by atoms with van der Waals surface area (Å²) in [6.07, 6.45) is 11.3. The highest BCUT2D eigenvalue weighted by Crippen LogP contribution is 2.39. The zero-order valence-corrected chi connectivity index (χ0v) is 22.0. The van der Waals surface area contributed by atoms with Crippen molar-refractivity contribution < 1.29 is 9.53 Å². The Labute approximate surface area is 211 Å². The maximum Gasteiger partial charge on any atom is 0.223 e. The van der Waals surface area contributed by atoms with Gasteiger partial charge < -0.3 is 9.64 Å². The number of hydrogen-bond acceptors (Lipinski definition) is 4. The summed E-state index contributed by atoms with van der Waals surface area (Å²) in [5.74, 6) is 1.35. The molecule has 2 aliphatic rings. The molecule has 2 aliphatic heterocycles. The van der Waals surface area contributed by atoms with Crippen LogP contribution < -0.4 is 4.74 Å². The van der Waals surface area contributed by atoms with Crippen molar-refractivity contribution in [2.75, 3.05) is 32.8 Å². The Hall–Kier alpha value is -2.40. The number of aryl methyl sites for hydroxylation is 1. The number of carbonyl (C=O) groups is 1. The molecule has 1 spiro atoms. The highest BCUT2D eigenvalue weighted by atomic mass is 16.5. The van der Waals surface area contributed by atoms with Gasteiger partial charge in [0.15, 0.2) is 0 Å². The molecule has 1 saturated heterocycles. The molecule has 3 heterocycles. The van der Waals surface area contributed by atoms with Crippen LogP contribution in [0.5, 0.6) is 5.75 Å². The number of nitrogens with zero attached hydrogens (tertiary/aromatic N) is 3. The number of hydrogen-bond donors (Lipinski definition) is 0. The average molecular weight is 478 g/mol. The second kappa shape index (κ2) is 11.6. The molecule has 0 radical (unpaired) electrons. The Morgan fingerprint density at radius 1 is 1.03 bits per heavy atom. The van der Waals surface area contributed by atoms with Crippen molar-refractivity contribution in [3.05, 3.63) is 59.9 Å². The van der Waals surface area contributed by atoms with Gasteiger partial charge in [0.1, 0.15) is 12.4 Å². The van der Waals surface area contributed by atoms with E-state index in [1.54, 1.807) is 0 Å². The van der Waals surface area contributed by atoms with Crippen LogP contribution in [0.15, 0.2) is 48.8 Å². The highest BCUT2D eigenvalue weighted by Gasteiger charge is 2.37. The molecule has 0 N–H and O–H groups in total. The van der Waals surface area contributed by atoms with Gasteiger partial charge in [-0.2, -0.15) is 0 Å². The summed E-state index contributed by atoms with van der Waals surface area (Å²) in [5.41, 5.74) is 2.85. The van der Waals surface area contributed by atoms with Crippen LogP contribution in [-0.4, -0.2) is 53.5 Å². The van der Waals surface area contributed by atoms with Gasteiger partial charge in [0, 0.05) is 51.5 Å². The lowest BCUT2D eigenvalue weighted by Gasteiger charge is -2.45. The van der Waals surface area contributed by atoms with Crippen LogP contribution in [0.4, 0.5) is 0 Å². The Bertz CT molecular complexity index is 946. The zero-order valence-electron chi connectivity index (χ0n) is 22.0. The predicted octanol–water partition coefficient (Wildman–Crippen LogP) is 5.73. The van der Waals surface area contributed by atoms with E-state index in [1.165, 1.54) is 30.4 Å². The smallest absolute Gasteiger partial charge is 0.223 e. The number of amides is 1. The SMILES string of the molecule is CC(C)(C)CC(=O)N1CCC2(CCCCc3ccccc3OCCN(Cc3cccnc3)C2)CC1. The van der Waals surface area contributed by atoms with E-state index in [1.807, 2.05) is 18.5 Å². The van der Waals surface area contributed by atoms with Crippen LogP contribution in [0.25, 0.3) is 0 Å². The number of carbonyl (C=O) groups excluding carboxylic acids is 1. The Balaban J connectivity index is 1.49. The van der Waals surface area contributed by atoms with Crippen molar-refractivity contribution in [3.8, 4) is 5.75 Å². The standard InChI is InChI=1S/C30H43N3O2/c1-29(2,3)21-28(34)33-17-14-30(15-18-33)13-7-6-11-26-10-4-5-12-27(26)35-20-19-32(24-30)23-25-9-8-16-31-22-25/h4-5,8-10,12,16,22H,6-7,11,13-15,17-21,23-24H2,1-3H3. The molecule has 0 atom stereocenters. The number of para-hydroxylation sites is 1. The molecule has 5 heteroatoms. The molecule has 4 rings (SSSR count). The molecule has 1 amide bonds. The Morgan fingerprint density at radius 2 is 1.83 bits per heavy atom. The summed E-state index contributed by atoms with van der Waals surface area (Å²) in [6, 6.07) is 12.7. The number of benzene rings is 1. The molecular weight excluding hydrogens is 434 g/mol. The lowest BCUT2D eigenvalue weighted by atomic mass is 9.73. The van der Waals surface area contributed by atoms with E-state index in [4.69, 9.17) is 4.74 Å². The van der Waals surface area contributed by atoms with Crippen LogP contribution in [0.1, 0.15) is 70.4 Å². The number of likely N-dealkylation sites (tertiary alicyclic amines) is 1. The van der Waals surface area contributed by atoms with Crippen molar-refractivity contribution >= 4 is 5.91 Å². The van der Waals surface area contributed by atoms with Gasteiger partial charge in [0.2, 0.25) is 5.91 Å². The molecule has 5 nitrogen and oxygen atoms in total. The first-order valence-corrected chi connectivity index (χ1v) is 13.4. The first kappa shape index (κ1) is 25.7. The van der Waals surface area contributed by atoms with Gasteiger partial charge in [0.25, 0.3) is 0 Å². The van der Waals surface area contributed by atoms with Gasteiger partial charge in [0.05, 0.1) is 0 Å². The van der Waals surface area contributed by atoms with Gasteiger partial charge in [-0.25, -0.2) is 0 Å². The van der Waals surface area contributed by atoms with Gasteiger partial charge in [-0.05, 0) is 66.2 Å². The highest BCUT2D eigenvalue weighted by molar-refractivity contribution is 5.76. The minimum Gasteiger partial charge on any atom is -0.492 e. The summed E-state index contributed by atoms with van der Waals surface area (Å²) in [4.78, 5) is 21.9. The quantitative estimate of drug-likeness (QED) is 0.566. The molecule has 0 unspecified atom stereocenters. The van der Waals surface area contributed by atoms with E-state index in [0.29, 0.717) is 18.9 Å². The summed E-state index contributed by atoms with van der Waals surface area (Å²) < 4.78 is 6.29. The Kier molecular flexibility index (Phi) is 8.48. The summed E-state index contributed by atoms with van der Waals surface area (Å²) in [5, 5.41) is 0. The maximum atomic E-state index is 12.9. The zero-order chi connectivity index (χ0) is 24.7. The van der Waals surface area contributed by atoms with Crippen molar-refractivity contribution in [2.45, 2.75) is 72.3 Å². The average Bonchev–Trinajstić information content (AvgIpc) is 2.82. The number of fused-ring (bicyclic) bond motifs is 1. The molecule has 1 aromatic carbocycles. The summed E-state index contributed by atoms with van der Waals surface area (Å²) in [6.45, 7) is 11.7. The fraction of sp³-hybridized carbons (Fsp3) is 0.600. The maximum absolute atomic E-state index is 12.9. The molecule has 1 fully saturated rings. The molecule has 0 aliphatic carbocycles. The Morgan fingerprint density at radius 3 is 2.57 bits per heavy atom. The second-order valence-corrected chi connectivity index (χ2v) is 11.9. The van der Waals surface area contributed by atoms with E-state index >= 15 is 0 Å². The van der Waals surface area contributed by atoms with Gasteiger partial charge in [-0.15, -0.1) is 0 Å². The van der Waals surface area contributed by atoms with Gasteiger partial charge in [-0.3, -0.25) is 14.7 Å². The monoisotopic (exact) mass is 477 g/mol. The lowest BCUT2D eigenvalue weighted by molar-refractivity contribution is -0.135. The largest absolute Gasteiger partial charge is 0.492 e. The topological polar surface area (TPSA) is 45.7 Å². The summed E-state index contributed by atoms with van der Waals surface area (Å²) >= 11 is 0. The van der Waals surface area contributed by atoms with Crippen molar-refractivity contribution in [1.82, 2.24) is 14.8 Å². The third-order valence-electron chi connectivity index (χ3n) is 7.59. The molecular formula is C30H43N3O2. The molecule has 0 bridgehead atoms. The van der Waals surface area contributed by atoms with E-state index in [2.05, 4.69) is 65.9 Å². The van der Waals surface area contributed by atoms with Crippen LogP contribution >= 0.6 is 0 Å². The minimum absolute atomic E-state index is 0.0379. The van der Waals surface area contributed by atoms with Crippen LogP contribution in [0.2, 0.25) is 0 Å². The third-order valence-corrected chi connectivity index (χ3v) is 7.59. The summed E-state index contributed by atoms with van der Waals surface area (Å²) in [7, 11) is 0. The molecule has 190 valence electrons. The molecule has 2 aromatic rings. The van der Waals surface area contributed by atoms with Crippen LogP contribution in [0, 0.1) is 10.8 Å². The molecule has 35 heavy (non-hydrogen) atoms. The van der Waals surface area contributed by atoms with Crippen molar-refractivity contribution in [3.63, 3.8) is 0 Å². The number of piperidine rings is 1. The van der Waals surface area contributed by atoms with E-state index < -0.39 is 0 Å². The van der Waals surface area contributed by atoms with E-state index in [9.17, 15) is 4.79 Å². The fourth-order valence-corrected chi connectivity index (χ4v) is 5.67. The van der Waals surface area contributed by atoms with Crippen molar-refractivity contribution in [1.29, 1.82) is 0 Å². The molecule has 1 aromatic heterocycles. The number of pyridine rings is 1. The minimum atomic E-state index is 0.0379. The van der Waals surface area contributed by atoms with Crippen molar-refractivity contribution in [2.24, 2.45) is 10.8 Å². The lowest BCUT2D eigenvalue weighted by Crippen LogP contribution is -2.49. The van der Waals surface area contributed by atoms with Gasteiger partial charge in [-0.1, -0.05) is 51.5 Å². The van der Waals surface area contributed by atoms with Crippen LogP contribution in [-0.2, 0) is 17.8 Å². The number of aromatic nitrogens is 1. The fourth-order valence-electron chi connectivity index (χ4n) is 5.67. The van der Waals surface area contributed by atoms with Crippen LogP contribution in [0.3, 0.4) is 0 Å². The first-order valence-electron chi connectivity index (χ1n) is 13.4. The second-order valence-electron chi connectivity index (χ2n) is 11.9. The number of rotatable bonds is 3. The first-order chi connectivity index (χ1) is 16.8. The van der Waals surface area contributed by atoms with Gasteiger partial charge >= 0.3 is 0 Å². The third kappa shape index (κ3) is 7.54. The predicted molar refractivity (Wildman–Crippen MR) is 141 cm³/mol. The van der Waals surface area contributed by atoms with E-state index in [-0.39, 0.29) is 10.8 Å². The van der Waals surface area contributed by atoms with E-state index in [0.717, 1.165) is 57.7 Å². The normalized spacial score (nSPS) is 19.8. The number of ether oxygens (including phenoxy) is 1.